The molecular formula is C15H15Cl3N2. The number of nitrogens with one attached hydrogen (secondary N) is 1. The molecular weight excluding hydrogens is 315 g/mol. The summed E-state index contributed by atoms with van der Waals surface area (Å²) >= 11 is 18.8. The largest absolute Gasteiger partial charge is 0.384 e. The third-order valence-electron chi connectivity index (χ3n) is 3.51. The van der Waals surface area contributed by atoms with Crippen LogP contribution in [0.15, 0.2) is 12.1 Å². The number of anilines is 1. The highest BCUT2D eigenvalue weighted by atomic mass is 35.5. The number of fused-ring (bicyclic) bond motifs is 1. The fourth-order valence-electron chi connectivity index (χ4n) is 2.31. The molecule has 0 unspecified atom stereocenters. The summed E-state index contributed by atoms with van der Waals surface area (Å²) in [6.07, 6.45) is 3.43. The minimum atomic E-state index is 0.463. The average Bonchev–Trinajstić information content (AvgIpc) is 3.26. The maximum Gasteiger partial charge on any atom is 0.0928 e. The molecule has 0 spiro atoms. The molecule has 0 amide bonds. The van der Waals surface area contributed by atoms with Gasteiger partial charge in [-0.15, -0.1) is 0 Å². The van der Waals surface area contributed by atoms with Crippen LogP contribution in [0.2, 0.25) is 15.1 Å². The zero-order valence-electron chi connectivity index (χ0n) is 11.1. The average molecular weight is 330 g/mol. The van der Waals surface area contributed by atoms with Crippen molar-refractivity contribution < 1.29 is 0 Å². The molecule has 5 heteroatoms. The molecule has 0 radical (unpaired) electrons. The second-order valence-electron chi connectivity index (χ2n) is 5.17. The molecule has 1 aliphatic carbocycles. The highest BCUT2D eigenvalue weighted by molar-refractivity contribution is 6.48. The summed E-state index contributed by atoms with van der Waals surface area (Å²) in [6.45, 7) is 3.00. The first-order chi connectivity index (χ1) is 9.61. The van der Waals surface area contributed by atoms with Gasteiger partial charge >= 0.3 is 0 Å². The number of halogens is 3. The van der Waals surface area contributed by atoms with E-state index in [0.717, 1.165) is 35.2 Å². The topological polar surface area (TPSA) is 24.9 Å². The monoisotopic (exact) mass is 328 g/mol. The molecule has 1 aromatic heterocycles. The van der Waals surface area contributed by atoms with Crippen molar-refractivity contribution in [2.75, 3.05) is 11.9 Å². The molecule has 1 heterocycles. The maximum absolute atomic E-state index is 6.36. The van der Waals surface area contributed by atoms with Gasteiger partial charge in [-0.1, -0.05) is 41.7 Å². The number of nitrogens with zero attached hydrogens (tertiary/aromatic N) is 1. The van der Waals surface area contributed by atoms with Crippen LogP contribution < -0.4 is 5.32 Å². The Balaban J connectivity index is 2.25. The second-order valence-corrected chi connectivity index (χ2v) is 6.37. The Hall–Kier alpha value is -0.700. The van der Waals surface area contributed by atoms with Crippen LogP contribution in [-0.4, -0.2) is 11.5 Å². The fourth-order valence-corrected chi connectivity index (χ4v) is 3.06. The fraction of sp³-hybridized carbons (Fsp3) is 0.400. The third-order valence-corrected chi connectivity index (χ3v) is 4.58. The Morgan fingerprint density at radius 1 is 1.20 bits per heavy atom. The lowest BCUT2D eigenvalue weighted by Crippen LogP contribution is -2.03. The van der Waals surface area contributed by atoms with Crippen molar-refractivity contribution in [3.63, 3.8) is 0 Å². The molecule has 1 aromatic carbocycles. The van der Waals surface area contributed by atoms with E-state index >= 15 is 0 Å². The van der Waals surface area contributed by atoms with Crippen LogP contribution >= 0.6 is 34.8 Å². The van der Waals surface area contributed by atoms with E-state index < -0.39 is 0 Å². The van der Waals surface area contributed by atoms with E-state index in [-0.39, 0.29) is 0 Å². The highest BCUT2D eigenvalue weighted by Gasteiger charge is 2.27. The van der Waals surface area contributed by atoms with E-state index in [0.29, 0.717) is 21.0 Å². The number of aromatic nitrogens is 1. The van der Waals surface area contributed by atoms with Crippen molar-refractivity contribution in [2.24, 2.45) is 0 Å². The summed E-state index contributed by atoms with van der Waals surface area (Å²) in [5, 5.41) is 5.76. The molecule has 0 saturated heterocycles. The van der Waals surface area contributed by atoms with Crippen LogP contribution in [-0.2, 0) is 0 Å². The Kier molecular flexibility index (Phi) is 3.98. The lowest BCUT2D eigenvalue weighted by molar-refractivity contribution is 0.976. The van der Waals surface area contributed by atoms with Crippen molar-refractivity contribution in [3.8, 4) is 0 Å². The van der Waals surface area contributed by atoms with Gasteiger partial charge in [-0.25, -0.2) is 0 Å². The molecule has 1 aliphatic rings. The Labute approximate surface area is 133 Å². The zero-order chi connectivity index (χ0) is 14.3. The summed E-state index contributed by atoms with van der Waals surface area (Å²) in [5.41, 5.74) is 2.81. The van der Waals surface area contributed by atoms with Gasteiger partial charge in [0.2, 0.25) is 0 Å². The van der Waals surface area contributed by atoms with Gasteiger partial charge < -0.3 is 5.32 Å². The number of hydrogen-bond acceptors (Lipinski definition) is 2. The number of pyridine rings is 1. The van der Waals surface area contributed by atoms with Crippen LogP contribution in [0.4, 0.5) is 5.69 Å². The van der Waals surface area contributed by atoms with Crippen LogP contribution in [0.5, 0.6) is 0 Å². The van der Waals surface area contributed by atoms with Crippen LogP contribution in [0.25, 0.3) is 10.9 Å². The van der Waals surface area contributed by atoms with Crippen LogP contribution in [0, 0.1) is 0 Å². The molecule has 2 aromatic rings. The number of benzene rings is 1. The van der Waals surface area contributed by atoms with Crippen molar-refractivity contribution in [1.29, 1.82) is 0 Å². The van der Waals surface area contributed by atoms with Gasteiger partial charge in [0.15, 0.2) is 0 Å². The van der Waals surface area contributed by atoms with E-state index in [2.05, 4.69) is 18.3 Å². The lowest BCUT2D eigenvalue weighted by atomic mass is 10.1. The molecule has 20 heavy (non-hydrogen) atoms. The van der Waals surface area contributed by atoms with Crippen molar-refractivity contribution in [2.45, 2.75) is 32.1 Å². The van der Waals surface area contributed by atoms with Gasteiger partial charge in [0.05, 0.1) is 20.6 Å². The van der Waals surface area contributed by atoms with Gasteiger partial charge in [-0.05, 0) is 31.4 Å². The Bertz CT molecular complexity index is 666. The summed E-state index contributed by atoms with van der Waals surface area (Å²) in [5.74, 6) is 0.562. The van der Waals surface area contributed by atoms with Gasteiger partial charge in [0.1, 0.15) is 0 Å². The molecule has 0 bridgehead atoms. The Morgan fingerprint density at radius 3 is 2.60 bits per heavy atom. The summed E-state index contributed by atoms with van der Waals surface area (Å²) in [4.78, 5) is 4.69. The van der Waals surface area contributed by atoms with Gasteiger partial charge in [0.25, 0.3) is 0 Å². The minimum Gasteiger partial charge on any atom is -0.384 e. The standard InChI is InChI=1S/C15H15Cl3N2/c1-2-5-19-12-7-11(8-3-4-8)20-15-10(17)6-9(16)14(18)13(12)15/h6-8H,2-5H2,1H3,(H,19,20). The van der Waals surface area contributed by atoms with E-state index in [9.17, 15) is 0 Å². The molecule has 106 valence electrons. The minimum absolute atomic E-state index is 0.463. The van der Waals surface area contributed by atoms with E-state index in [1.54, 1.807) is 6.07 Å². The van der Waals surface area contributed by atoms with E-state index in [1.807, 2.05) is 0 Å². The second kappa shape index (κ2) is 5.59. The molecule has 0 aliphatic heterocycles. The van der Waals surface area contributed by atoms with E-state index in [4.69, 9.17) is 39.8 Å². The summed E-state index contributed by atoms with van der Waals surface area (Å²) in [6, 6.07) is 3.76. The first kappa shape index (κ1) is 14.2. The van der Waals surface area contributed by atoms with Crippen molar-refractivity contribution in [1.82, 2.24) is 4.98 Å². The van der Waals surface area contributed by atoms with E-state index in [1.165, 1.54) is 12.8 Å². The lowest BCUT2D eigenvalue weighted by Gasteiger charge is -2.14. The summed E-state index contributed by atoms with van der Waals surface area (Å²) < 4.78 is 0. The molecule has 2 nitrogen and oxygen atoms in total. The van der Waals surface area contributed by atoms with Gasteiger partial charge in [-0.2, -0.15) is 0 Å². The predicted molar refractivity (Wildman–Crippen MR) is 87.5 cm³/mol. The third kappa shape index (κ3) is 2.57. The van der Waals surface area contributed by atoms with Gasteiger partial charge in [0, 0.05) is 29.2 Å². The number of rotatable bonds is 4. The quantitative estimate of drug-likeness (QED) is 0.707. The normalized spacial score (nSPS) is 14.8. The highest BCUT2D eigenvalue weighted by Crippen LogP contribution is 2.44. The molecule has 3 rings (SSSR count). The molecule has 1 N–H and O–H groups in total. The first-order valence-corrected chi connectivity index (χ1v) is 7.97. The van der Waals surface area contributed by atoms with Crippen molar-refractivity contribution >= 4 is 51.4 Å². The smallest absolute Gasteiger partial charge is 0.0928 e. The predicted octanol–water partition coefficient (Wildman–Crippen LogP) is 5.89. The zero-order valence-corrected chi connectivity index (χ0v) is 13.4. The number of hydrogen-bond donors (Lipinski definition) is 1. The molecule has 1 fully saturated rings. The Morgan fingerprint density at radius 2 is 1.95 bits per heavy atom. The maximum atomic E-state index is 6.36. The molecule has 1 saturated carbocycles. The van der Waals surface area contributed by atoms with Crippen LogP contribution in [0.1, 0.15) is 37.8 Å². The first-order valence-electron chi connectivity index (χ1n) is 6.83. The van der Waals surface area contributed by atoms with Crippen LogP contribution in [0.3, 0.4) is 0 Å². The SMILES string of the molecule is CCCNc1cc(C2CC2)nc2c(Cl)cc(Cl)c(Cl)c12. The van der Waals surface area contributed by atoms with Crippen molar-refractivity contribution in [3.05, 3.63) is 32.9 Å². The molecule has 0 atom stereocenters. The van der Waals surface area contributed by atoms with Gasteiger partial charge in [-0.3, -0.25) is 4.98 Å². The summed E-state index contributed by atoms with van der Waals surface area (Å²) in [7, 11) is 0.